The highest BCUT2D eigenvalue weighted by atomic mass is 19.4. The summed E-state index contributed by atoms with van der Waals surface area (Å²) < 4.78 is 47.1. The molecule has 146 valence electrons. The van der Waals surface area contributed by atoms with Gasteiger partial charge < -0.3 is 9.47 Å². The van der Waals surface area contributed by atoms with Gasteiger partial charge in [-0.3, -0.25) is 4.79 Å². The maximum Gasteiger partial charge on any atom is 0.490 e. The van der Waals surface area contributed by atoms with Gasteiger partial charge in [-0.05, 0) is 25.7 Å². The van der Waals surface area contributed by atoms with E-state index in [4.69, 9.17) is 4.74 Å². The Bertz CT molecular complexity index is 410. The highest BCUT2D eigenvalue weighted by Gasteiger charge is 2.44. The second-order valence-corrected chi connectivity index (χ2v) is 6.63. The first-order valence-electron chi connectivity index (χ1n) is 9.32. The first kappa shape index (κ1) is 21.8. The fourth-order valence-electron chi connectivity index (χ4n) is 3.00. The lowest BCUT2D eigenvalue weighted by molar-refractivity contribution is -0.212. The number of unbranched alkanes of at least 4 members (excludes halogenated alkanes) is 7. The van der Waals surface area contributed by atoms with Crippen LogP contribution in [0.25, 0.3) is 0 Å². The lowest BCUT2D eigenvalue weighted by Crippen LogP contribution is -2.40. The Morgan fingerprint density at radius 3 is 2.32 bits per heavy atom. The molecule has 1 fully saturated rings. The van der Waals surface area contributed by atoms with E-state index in [9.17, 15) is 22.8 Å². The molecule has 1 saturated heterocycles. The Balaban J connectivity index is 2.40. The van der Waals surface area contributed by atoms with E-state index in [1.165, 1.54) is 25.7 Å². The molecule has 25 heavy (non-hydrogen) atoms. The summed E-state index contributed by atoms with van der Waals surface area (Å²) in [5.74, 6) is -2.65. The number of carbonyl (C=O) groups excluding carboxylic acids is 2. The third-order valence-electron chi connectivity index (χ3n) is 4.40. The summed E-state index contributed by atoms with van der Waals surface area (Å²) in [7, 11) is 0. The molecule has 2 atom stereocenters. The molecule has 1 heterocycles. The van der Waals surface area contributed by atoms with Crippen LogP contribution in [-0.4, -0.2) is 30.3 Å². The molecule has 0 aliphatic carbocycles. The second kappa shape index (κ2) is 11.4. The highest BCUT2D eigenvalue weighted by molar-refractivity contribution is 5.76. The minimum absolute atomic E-state index is 0.258. The number of hydrogen-bond acceptors (Lipinski definition) is 4. The number of rotatable bonds is 11. The molecule has 0 aromatic heterocycles. The minimum atomic E-state index is -5.03. The highest BCUT2D eigenvalue weighted by Crippen LogP contribution is 2.26. The molecule has 7 heteroatoms. The molecule has 0 N–H and O–H groups in total. The SMILES string of the molecule is CCCCCCCCCC[C@@H](OC(=O)C(F)(F)F)[C@@H]1CCCC(=O)O1. The van der Waals surface area contributed by atoms with Gasteiger partial charge in [0.2, 0.25) is 0 Å². The fraction of sp³-hybridized carbons (Fsp3) is 0.889. The summed E-state index contributed by atoms with van der Waals surface area (Å²) in [6.07, 6.45) is 3.12. The van der Waals surface area contributed by atoms with Crippen molar-refractivity contribution < 1.29 is 32.2 Å². The van der Waals surface area contributed by atoms with Gasteiger partial charge in [0, 0.05) is 6.42 Å². The smallest absolute Gasteiger partial charge is 0.458 e. The van der Waals surface area contributed by atoms with Gasteiger partial charge >= 0.3 is 18.1 Å². The molecular weight excluding hydrogens is 337 g/mol. The van der Waals surface area contributed by atoms with E-state index >= 15 is 0 Å². The normalized spacial score (nSPS) is 19.4. The number of hydrogen-bond donors (Lipinski definition) is 0. The molecule has 4 nitrogen and oxygen atoms in total. The molecule has 1 rings (SSSR count). The molecular formula is C18H29F3O4. The molecule has 0 amide bonds. The lowest BCUT2D eigenvalue weighted by atomic mass is 9.98. The average Bonchev–Trinajstić information content (AvgIpc) is 2.55. The van der Waals surface area contributed by atoms with E-state index in [0.717, 1.165) is 19.3 Å². The zero-order valence-electron chi connectivity index (χ0n) is 14.9. The fourth-order valence-corrected chi connectivity index (χ4v) is 3.00. The quantitative estimate of drug-likeness (QED) is 0.378. The van der Waals surface area contributed by atoms with Crippen LogP contribution >= 0.6 is 0 Å². The van der Waals surface area contributed by atoms with Crippen molar-refractivity contribution in [1.29, 1.82) is 0 Å². The van der Waals surface area contributed by atoms with Gasteiger partial charge in [0.05, 0.1) is 0 Å². The van der Waals surface area contributed by atoms with Crippen LogP contribution in [0.5, 0.6) is 0 Å². The summed E-state index contributed by atoms with van der Waals surface area (Å²) in [6.45, 7) is 2.15. The van der Waals surface area contributed by atoms with Crippen LogP contribution in [0.2, 0.25) is 0 Å². The molecule has 0 radical (unpaired) electrons. The Morgan fingerprint density at radius 2 is 1.76 bits per heavy atom. The van der Waals surface area contributed by atoms with E-state index in [2.05, 4.69) is 11.7 Å². The predicted octanol–water partition coefficient (Wildman–Crippen LogP) is 5.09. The summed E-state index contributed by atoms with van der Waals surface area (Å²) >= 11 is 0. The minimum Gasteiger partial charge on any atom is -0.458 e. The topological polar surface area (TPSA) is 52.6 Å². The van der Waals surface area contributed by atoms with Gasteiger partial charge in [0.15, 0.2) is 0 Å². The van der Waals surface area contributed by atoms with Gasteiger partial charge in [0.25, 0.3) is 0 Å². The van der Waals surface area contributed by atoms with Crippen molar-refractivity contribution in [3.8, 4) is 0 Å². The van der Waals surface area contributed by atoms with Crippen molar-refractivity contribution >= 4 is 11.9 Å². The standard InChI is InChI=1S/C18H29F3O4/c1-2-3-4-5-6-7-8-9-11-15(25-17(23)18(19,20)21)14-12-10-13-16(22)24-14/h14-15H,2-13H2,1H3/t14-,15+/m0/s1. The van der Waals surface area contributed by atoms with Crippen molar-refractivity contribution in [2.24, 2.45) is 0 Å². The average molecular weight is 366 g/mol. The van der Waals surface area contributed by atoms with Gasteiger partial charge in [-0.25, -0.2) is 4.79 Å². The summed E-state index contributed by atoms with van der Waals surface area (Å²) in [5.41, 5.74) is 0. The predicted molar refractivity (Wildman–Crippen MR) is 86.9 cm³/mol. The number of alkyl halides is 3. The Labute approximate surface area is 147 Å². The molecule has 0 saturated carbocycles. The van der Waals surface area contributed by atoms with Crippen LogP contribution < -0.4 is 0 Å². The van der Waals surface area contributed by atoms with Crippen molar-refractivity contribution in [2.75, 3.05) is 0 Å². The van der Waals surface area contributed by atoms with E-state index < -0.39 is 30.3 Å². The van der Waals surface area contributed by atoms with Crippen LogP contribution in [0.3, 0.4) is 0 Å². The maximum atomic E-state index is 12.5. The molecule has 0 spiro atoms. The third kappa shape index (κ3) is 9.12. The molecule has 0 aromatic carbocycles. The van der Waals surface area contributed by atoms with E-state index in [-0.39, 0.29) is 12.8 Å². The molecule has 0 aromatic rings. The van der Waals surface area contributed by atoms with Crippen LogP contribution in [0.15, 0.2) is 0 Å². The zero-order valence-corrected chi connectivity index (χ0v) is 14.9. The maximum absolute atomic E-state index is 12.5. The van der Waals surface area contributed by atoms with Crippen LogP contribution in [-0.2, 0) is 19.1 Å². The van der Waals surface area contributed by atoms with E-state index in [1.54, 1.807) is 0 Å². The number of halogens is 3. The summed E-state index contributed by atoms with van der Waals surface area (Å²) in [6, 6.07) is 0. The van der Waals surface area contributed by atoms with Crippen LogP contribution in [0, 0.1) is 0 Å². The summed E-state index contributed by atoms with van der Waals surface area (Å²) in [4.78, 5) is 22.5. The molecule has 1 aliphatic rings. The Kier molecular flexibility index (Phi) is 9.90. The first-order chi connectivity index (χ1) is 11.8. The van der Waals surface area contributed by atoms with Crippen molar-refractivity contribution in [2.45, 2.75) is 102 Å². The lowest BCUT2D eigenvalue weighted by Gasteiger charge is -2.30. The van der Waals surface area contributed by atoms with E-state index in [1.807, 2.05) is 0 Å². The second-order valence-electron chi connectivity index (χ2n) is 6.63. The summed E-state index contributed by atoms with van der Waals surface area (Å²) in [5, 5.41) is 0. The third-order valence-corrected chi connectivity index (χ3v) is 4.40. The van der Waals surface area contributed by atoms with Crippen molar-refractivity contribution in [3.63, 3.8) is 0 Å². The van der Waals surface area contributed by atoms with Gasteiger partial charge in [-0.1, -0.05) is 51.9 Å². The number of cyclic esters (lactones) is 1. The Hall–Kier alpha value is -1.27. The number of carbonyl (C=O) groups is 2. The van der Waals surface area contributed by atoms with Crippen LogP contribution in [0.4, 0.5) is 13.2 Å². The van der Waals surface area contributed by atoms with Crippen molar-refractivity contribution in [3.05, 3.63) is 0 Å². The molecule has 0 bridgehead atoms. The largest absolute Gasteiger partial charge is 0.490 e. The molecule has 0 unspecified atom stereocenters. The molecule has 1 aliphatic heterocycles. The van der Waals surface area contributed by atoms with Crippen molar-refractivity contribution in [1.82, 2.24) is 0 Å². The van der Waals surface area contributed by atoms with Gasteiger partial charge in [-0.2, -0.15) is 13.2 Å². The number of ether oxygens (including phenoxy) is 2. The number of esters is 2. The first-order valence-corrected chi connectivity index (χ1v) is 9.32. The van der Waals surface area contributed by atoms with Gasteiger partial charge in [0.1, 0.15) is 12.2 Å². The van der Waals surface area contributed by atoms with E-state index in [0.29, 0.717) is 19.3 Å². The zero-order chi connectivity index (χ0) is 18.7. The van der Waals surface area contributed by atoms with Crippen LogP contribution in [0.1, 0.15) is 84.0 Å². The Morgan fingerprint density at radius 1 is 1.16 bits per heavy atom. The van der Waals surface area contributed by atoms with Gasteiger partial charge in [-0.15, -0.1) is 0 Å². The monoisotopic (exact) mass is 366 g/mol.